The average Bonchev–Trinajstić information content (AvgIpc) is 2.68. The lowest BCUT2D eigenvalue weighted by molar-refractivity contribution is 0.306. The highest BCUT2D eigenvalue weighted by Gasteiger charge is 2.08. The van der Waals surface area contributed by atoms with E-state index in [0.717, 1.165) is 16.9 Å². The van der Waals surface area contributed by atoms with Gasteiger partial charge < -0.3 is 15.6 Å². The summed E-state index contributed by atoms with van der Waals surface area (Å²) in [4.78, 5) is 8.88. The van der Waals surface area contributed by atoms with Crippen LogP contribution in [0.25, 0.3) is 22.3 Å². The van der Waals surface area contributed by atoms with Crippen LogP contribution in [0, 0.1) is 0 Å². The van der Waals surface area contributed by atoms with Crippen LogP contribution in [0.4, 0.5) is 5.82 Å². The Morgan fingerprint density at radius 1 is 0.885 bits per heavy atom. The van der Waals surface area contributed by atoms with Crippen molar-refractivity contribution >= 4 is 16.7 Å². The van der Waals surface area contributed by atoms with Crippen molar-refractivity contribution in [3.63, 3.8) is 0 Å². The van der Waals surface area contributed by atoms with E-state index in [9.17, 15) is 5.11 Å². The number of aromatic hydroxyl groups is 1. The van der Waals surface area contributed by atoms with Gasteiger partial charge in [0.25, 0.3) is 0 Å². The third kappa shape index (κ3) is 3.28. The molecule has 0 aliphatic heterocycles. The number of ether oxygens (including phenoxy) is 1. The molecule has 0 spiro atoms. The van der Waals surface area contributed by atoms with Gasteiger partial charge in [0.2, 0.25) is 0 Å². The van der Waals surface area contributed by atoms with Crippen molar-refractivity contribution in [1.82, 2.24) is 9.97 Å². The molecule has 0 radical (unpaired) electrons. The van der Waals surface area contributed by atoms with E-state index in [2.05, 4.69) is 9.97 Å². The molecule has 26 heavy (non-hydrogen) atoms. The highest BCUT2D eigenvalue weighted by Crippen LogP contribution is 2.27. The van der Waals surface area contributed by atoms with Gasteiger partial charge in [0.05, 0.1) is 5.52 Å². The van der Waals surface area contributed by atoms with Crippen molar-refractivity contribution in [2.75, 3.05) is 5.73 Å². The summed E-state index contributed by atoms with van der Waals surface area (Å²) in [5, 5.41) is 10.2. The first-order valence-electron chi connectivity index (χ1n) is 8.22. The quantitative estimate of drug-likeness (QED) is 0.581. The summed E-state index contributed by atoms with van der Waals surface area (Å²) in [5.41, 5.74) is 8.67. The van der Waals surface area contributed by atoms with Gasteiger partial charge in [-0.05, 0) is 48.0 Å². The third-order valence-corrected chi connectivity index (χ3v) is 4.07. The number of rotatable bonds is 4. The molecule has 0 atom stereocenters. The van der Waals surface area contributed by atoms with Gasteiger partial charge >= 0.3 is 0 Å². The highest BCUT2D eigenvalue weighted by atomic mass is 16.5. The Kier molecular flexibility index (Phi) is 4.11. The monoisotopic (exact) mass is 343 g/mol. The SMILES string of the molecule is Nc1nc(-c2ccc(OCc3ccccc3)cc2)nc2ccc(O)cc12. The molecule has 0 saturated heterocycles. The number of nitrogen functional groups attached to an aromatic ring is 1. The molecule has 4 aromatic rings. The summed E-state index contributed by atoms with van der Waals surface area (Å²) in [6.45, 7) is 0.517. The van der Waals surface area contributed by atoms with Gasteiger partial charge in [-0.25, -0.2) is 9.97 Å². The number of benzene rings is 3. The summed E-state index contributed by atoms with van der Waals surface area (Å²) >= 11 is 0. The maximum absolute atomic E-state index is 9.58. The molecule has 3 N–H and O–H groups in total. The van der Waals surface area contributed by atoms with E-state index < -0.39 is 0 Å². The highest BCUT2D eigenvalue weighted by molar-refractivity contribution is 5.90. The van der Waals surface area contributed by atoms with Gasteiger partial charge in [-0.2, -0.15) is 0 Å². The van der Waals surface area contributed by atoms with Crippen LogP contribution in [0.1, 0.15) is 5.56 Å². The van der Waals surface area contributed by atoms with E-state index in [0.29, 0.717) is 29.2 Å². The van der Waals surface area contributed by atoms with Gasteiger partial charge in [-0.1, -0.05) is 30.3 Å². The molecular formula is C21H17N3O2. The van der Waals surface area contributed by atoms with Crippen molar-refractivity contribution in [3.8, 4) is 22.9 Å². The Balaban J connectivity index is 1.57. The lowest BCUT2D eigenvalue weighted by Crippen LogP contribution is -1.98. The molecule has 0 saturated carbocycles. The number of hydrogen-bond donors (Lipinski definition) is 2. The Bertz CT molecular complexity index is 1050. The number of aromatic nitrogens is 2. The summed E-state index contributed by atoms with van der Waals surface area (Å²) in [5.74, 6) is 1.79. The Hall–Kier alpha value is -3.60. The van der Waals surface area contributed by atoms with Crippen LogP contribution in [0.15, 0.2) is 72.8 Å². The van der Waals surface area contributed by atoms with Gasteiger partial charge in [0, 0.05) is 10.9 Å². The van der Waals surface area contributed by atoms with E-state index in [1.54, 1.807) is 18.2 Å². The molecule has 1 heterocycles. The molecule has 1 aromatic heterocycles. The minimum atomic E-state index is 0.139. The standard InChI is InChI=1S/C21H17N3O2/c22-20-18-12-16(25)8-11-19(18)23-21(24-20)15-6-9-17(10-7-15)26-13-14-4-2-1-3-5-14/h1-12,25H,13H2,(H2,22,23,24). The minimum absolute atomic E-state index is 0.139. The van der Waals surface area contributed by atoms with Crippen molar-refractivity contribution in [2.24, 2.45) is 0 Å². The lowest BCUT2D eigenvalue weighted by atomic mass is 10.1. The van der Waals surface area contributed by atoms with Gasteiger partial charge in [-0.15, -0.1) is 0 Å². The van der Waals surface area contributed by atoms with E-state index in [1.165, 1.54) is 0 Å². The molecule has 3 aromatic carbocycles. The molecule has 0 unspecified atom stereocenters. The fourth-order valence-corrected chi connectivity index (χ4v) is 2.71. The number of nitrogens with two attached hydrogens (primary N) is 1. The van der Waals surface area contributed by atoms with Crippen molar-refractivity contribution in [1.29, 1.82) is 0 Å². The van der Waals surface area contributed by atoms with Crippen LogP contribution in [-0.4, -0.2) is 15.1 Å². The molecule has 128 valence electrons. The molecule has 0 bridgehead atoms. The molecule has 5 nitrogen and oxygen atoms in total. The lowest BCUT2D eigenvalue weighted by Gasteiger charge is -2.08. The van der Waals surface area contributed by atoms with Crippen LogP contribution in [-0.2, 0) is 6.61 Å². The fourth-order valence-electron chi connectivity index (χ4n) is 2.71. The molecule has 4 rings (SSSR count). The Labute approximate surface area is 150 Å². The molecule has 0 amide bonds. The summed E-state index contributed by atoms with van der Waals surface area (Å²) in [6.07, 6.45) is 0. The van der Waals surface area contributed by atoms with Crippen molar-refractivity contribution < 1.29 is 9.84 Å². The first kappa shape index (κ1) is 15.9. The van der Waals surface area contributed by atoms with Gasteiger partial charge in [0.15, 0.2) is 5.82 Å². The number of nitrogens with zero attached hydrogens (tertiary/aromatic N) is 2. The van der Waals surface area contributed by atoms with E-state index >= 15 is 0 Å². The zero-order chi connectivity index (χ0) is 17.9. The van der Waals surface area contributed by atoms with Gasteiger partial charge in [0.1, 0.15) is 23.9 Å². The van der Waals surface area contributed by atoms with Crippen molar-refractivity contribution in [2.45, 2.75) is 6.61 Å². The maximum atomic E-state index is 9.58. The average molecular weight is 343 g/mol. The second-order valence-electron chi connectivity index (χ2n) is 5.93. The maximum Gasteiger partial charge on any atom is 0.162 e. The number of phenolic OH excluding ortho intramolecular Hbond substituents is 1. The largest absolute Gasteiger partial charge is 0.508 e. The van der Waals surface area contributed by atoms with E-state index in [-0.39, 0.29) is 5.75 Å². The molecule has 0 aliphatic carbocycles. The zero-order valence-corrected chi connectivity index (χ0v) is 14.0. The fraction of sp³-hybridized carbons (Fsp3) is 0.0476. The summed E-state index contributed by atoms with van der Waals surface area (Å²) in [6, 6.07) is 22.5. The first-order chi connectivity index (χ1) is 12.7. The molecular weight excluding hydrogens is 326 g/mol. The number of hydrogen-bond acceptors (Lipinski definition) is 5. The molecule has 0 aliphatic rings. The predicted molar refractivity (Wildman–Crippen MR) is 102 cm³/mol. The second kappa shape index (κ2) is 6.72. The Morgan fingerprint density at radius 3 is 2.42 bits per heavy atom. The van der Waals surface area contributed by atoms with E-state index in [4.69, 9.17) is 10.5 Å². The van der Waals surface area contributed by atoms with Crippen LogP contribution in [0.3, 0.4) is 0 Å². The smallest absolute Gasteiger partial charge is 0.162 e. The second-order valence-corrected chi connectivity index (χ2v) is 5.93. The summed E-state index contributed by atoms with van der Waals surface area (Å²) in [7, 11) is 0. The van der Waals surface area contributed by atoms with Gasteiger partial charge in [-0.3, -0.25) is 0 Å². The number of phenols is 1. The Morgan fingerprint density at radius 2 is 1.65 bits per heavy atom. The van der Waals surface area contributed by atoms with Crippen LogP contribution in [0.5, 0.6) is 11.5 Å². The van der Waals surface area contributed by atoms with Crippen LogP contribution < -0.4 is 10.5 Å². The van der Waals surface area contributed by atoms with Crippen molar-refractivity contribution in [3.05, 3.63) is 78.4 Å². The van der Waals surface area contributed by atoms with E-state index in [1.807, 2.05) is 54.6 Å². The third-order valence-electron chi connectivity index (χ3n) is 4.07. The topological polar surface area (TPSA) is 81.3 Å². The minimum Gasteiger partial charge on any atom is -0.508 e. The normalized spacial score (nSPS) is 10.8. The number of anilines is 1. The first-order valence-corrected chi connectivity index (χ1v) is 8.22. The molecule has 0 fully saturated rings. The zero-order valence-electron chi connectivity index (χ0n) is 14.0. The van der Waals surface area contributed by atoms with Crippen LogP contribution >= 0.6 is 0 Å². The number of fused-ring (bicyclic) bond motifs is 1. The molecule has 5 heteroatoms. The predicted octanol–water partition coefficient (Wildman–Crippen LogP) is 4.16. The summed E-state index contributed by atoms with van der Waals surface area (Å²) < 4.78 is 5.80. The van der Waals surface area contributed by atoms with Crippen LogP contribution in [0.2, 0.25) is 0 Å².